The summed E-state index contributed by atoms with van der Waals surface area (Å²) in [6.07, 6.45) is 0. The van der Waals surface area contributed by atoms with Gasteiger partial charge in [-0.15, -0.1) is 11.3 Å². The van der Waals surface area contributed by atoms with Gasteiger partial charge in [-0.1, -0.05) is 6.07 Å². The number of nitrogens with zero attached hydrogens (tertiary/aromatic N) is 1. The first-order valence-corrected chi connectivity index (χ1v) is 5.37. The molecule has 2 aromatic rings. The van der Waals surface area contributed by atoms with Crippen LogP contribution in [-0.4, -0.2) is 5.11 Å². The molecular weight excluding hydrogens is 206 g/mol. The molecule has 1 heterocycles. The smallest absolute Gasteiger partial charge is 0.133 e. The first-order chi connectivity index (χ1) is 7.20. The Morgan fingerprint density at radius 3 is 2.67 bits per heavy atom. The van der Waals surface area contributed by atoms with E-state index in [0.29, 0.717) is 5.56 Å². The van der Waals surface area contributed by atoms with Crippen LogP contribution in [0.2, 0.25) is 0 Å². The van der Waals surface area contributed by atoms with Gasteiger partial charge in [0.15, 0.2) is 0 Å². The Balaban J connectivity index is 2.51. The molecule has 0 aliphatic rings. The highest BCUT2D eigenvalue weighted by molar-refractivity contribution is 7.10. The van der Waals surface area contributed by atoms with Gasteiger partial charge in [0.2, 0.25) is 0 Å². The highest BCUT2D eigenvalue weighted by Gasteiger charge is 2.04. The fourth-order valence-corrected chi connectivity index (χ4v) is 2.11. The van der Waals surface area contributed by atoms with Crippen LogP contribution in [0.15, 0.2) is 29.6 Å². The van der Waals surface area contributed by atoms with Crippen molar-refractivity contribution < 1.29 is 5.11 Å². The molecule has 3 heteroatoms. The number of phenols is 1. The van der Waals surface area contributed by atoms with Gasteiger partial charge >= 0.3 is 0 Å². The molecule has 0 amide bonds. The molecule has 0 saturated heterocycles. The highest BCUT2D eigenvalue weighted by Crippen LogP contribution is 2.28. The molecule has 0 aliphatic carbocycles. The second-order valence-electron chi connectivity index (χ2n) is 3.29. The van der Waals surface area contributed by atoms with Gasteiger partial charge in [-0.3, -0.25) is 0 Å². The van der Waals surface area contributed by atoms with E-state index in [2.05, 4.69) is 6.07 Å². The lowest BCUT2D eigenvalue weighted by Crippen LogP contribution is -1.79. The molecular formula is C12H9NOS. The van der Waals surface area contributed by atoms with Crippen LogP contribution >= 0.6 is 11.3 Å². The van der Waals surface area contributed by atoms with Gasteiger partial charge in [0, 0.05) is 4.88 Å². The van der Waals surface area contributed by atoms with Gasteiger partial charge in [-0.25, -0.2) is 0 Å². The van der Waals surface area contributed by atoms with Crippen molar-refractivity contribution in [1.82, 2.24) is 0 Å². The minimum Gasteiger partial charge on any atom is -0.507 e. The molecule has 1 aromatic heterocycles. The molecule has 1 aromatic carbocycles. The van der Waals surface area contributed by atoms with E-state index in [1.807, 2.05) is 24.4 Å². The van der Waals surface area contributed by atoms with Crippen LogP contribution < -0.4 is 0 Å². The summed E-state index contributed by atoms with van der Waals surface area (Å²) in [4.78, 5) is 1.23. The van der Waals surface area contributed by atoms with E-state index in [9.17, 15) is 5.11 Å². The van der Waals surface area contributed by atoms with Crippen LogP contribution in [0.3, 0.4) is 0 Å². The standard InChI is InChI=1S/C12H9NOS/c1-8-4-11(7-15-8)9-2-3-12(14)10(5-9)6-13/h2-5,7,14H,1H3. The zero-order valence-corrected chi connectivity index (χ0v) is 9.01. The Morgan fingerprint density at radius 1 is 1.27 bits per heavy atom. The Bertz CT molecular complexity index is 537. The SMILES string of the molecule is Cc1cc(-c2ccc(O)c(C#N)c2)cs1. The Hall–Kier alpha value is -1.79. The molecule has 74 valence electrons. The van der Waals surface area contributed by atoms with Gasteiger partial charge in [0.1, 0.15) is 11.8 Å². The van der Waals surface area contributed by atoms with Crippen LogP contribution in [0, 0.1) is 18.3 Å². The van der Waals surface area contributed by atoms with E-state index >= 15 is 0 Å². The van der Waals surface area contributed by atoms with Crippen molar-refractivity contribution in [2.24, 2.45) is 0 Å². The van der Waals surface area contributed by atoms with Crippen LogP contribution in [-0.2, 0) is 0 Å². The van der Waals surface area contributed by atoms with Crippen LogP contribution in [0.1, 0.15) is 10.4 Å². The lowest BCUT2D eigenvalue weighted by Gasteiger charge is -2.00. The Kier molecular flexibility index (Phi) is 2.44. The number of phenolic OH excluding ortho intramolecular Hbond substituents is 1. The lowest BCUT2D eigenvalue weighted by atomic mass is 10.1. The molecule has 0 unspecified atom stereocenters. The van der Waals surface area contributed by atoms with Gasteiger partial charge in [-0.05, 0) is 41.6 Å². The van der Waals surface area contributed by atoms with Crippen molar-refractivity contribution in [2.45, 2.75) is 6.92 Å². The molecule has 0 saturated carbocycles. The molecule has 0 bridgehead atoms. The van der Waals surface area contributed by atoms with Gasteiger partial charge in [0.25, 0.3) is 0 Å². The summed E-state index contributed by atoms with van der Waals surface area (Å²) < 4.78 is 0. The zero-order valence-electron chi connectivity index (χ0n) is 8.19. The van der Waals surface area contributed by atoms with Crippen molar-refractivity contribution in [3.05, 3.63) is 40.1 Å². The number of nitriles is 1. The fourth-order valence-electron chi connectivity index (χ4n) is 1.40. The molecule has 0 fully saturated rings. The summed E-state index contributed by atoms with van der Waals surface area (Å²) in [5.41, 5.74) is 2.37. The maximum atomic E-state index is 9.37. The minimum absolute atomic E-state index is 0.0354. The van der Waals surface area contributed by atoms with E-state index in [-0.39, 0.29) is 5.75 Å². The zero-order chi connectivity index (χ0) is 10.8. The molecule has 2 rings (SSSR count). The number of thiophene rings is 1. The summed E-state index contributed by atoms with van der Waals surface area (Å²) in [5, 5.41) is 20.2. The third-order valence-electron chi connectivity index (χ3n) is 2.18. The summed E-state index contributed by atoms with van der Waals surface area (Å²) >= 11 is 1.67. The van der Waals surface area contributed by atoms with Crippen molar-refractivity contribution in [2.75, 3.05) is 0 Å². The molecule has 0 aliphatic heterocycles. The largest absolute Gasteiger partial charge is 0.507 e. The topological polar surface area (TPSA) is 44.0 Å². The predicted molar refractivity (Wildman–Crippen MR) is 60.9 cm³/mol. The molecule has 0 atom stereocenters. The maximum Gasteiger partial charge on any atom is 0.133 e. The lowest BCUT2D eigenvalue weighted by molar-refractivity contribution is 0.473. The van der Waals surface area contributed by atoms with Gasteiger partial charge in [-0.2, -0.15) is 5.26 Å². The van der Waals surface area contributed by atoms with Gasteiger partial charge in [0.05, 0.1) is 5.56 Å². The van der Waals surface area contributed by atoms with E-state index in [4.69, 9.17) is 5.26 Å². The van der Waals surface area contributed by atoms with Crippen LogP contribution in [0.5, 0.6) is 5.75 Å². The average molecular weight is 215 g/mol. The Morgan fingerprint density at radius 2 is 2.07 bits per heavy atom. The molecule has 2 nitrogen and oxygen atoms in total. The van der Waals surface area contributed by atoms with Gasteiger partial charge < -0.3 is 5.11 Å². The maximum absolute atomic E-state index is 9.37. The first-order valence-electron chi connectivity index (χ1n) is 4.49. The predicted octanol–water partition coefficient (Wildman–Crippen LogP) is 3.30. The summed E-state index contributed by atoms with van der Waals surface area (Å²) in [6.45, 7) is 2.04. The second kappa shape index (κ2) is 3.76. The molecule has 0 radical (unpaired) electrons. The number of rotatable bonds is 1. The van der Waals surface area contributed by atoms with Crippen molar-refractivity contribution >= 4 is 11.3 Å². The molecule has 0 spiro atoms. The van der Waals surface area contributed by atoms with E-state index in [0.717, 1.165) is 11.1 Å². The fraction of sp³-hybridized carbons (Fsp3) is 0.0833. The van der Waals surface area contributed by atoms with E-state index < -0.39 is 0 Å². The highest BCUT2D eigenvalue weighted by atomic mass is 32.1. The quantitative estimate of drug-likeness (QED) is 0.793. The van der Waals surface area contributed by atoms with Crippen LogP contribution in [0.4, 0.5) is 0 Å². The van der Waals surface area contributed by atoms with E-state index in [1.54, 1.807) is 23.5 Å². The number of benzene rings is 1. The van der Waals surface area contributed by atoms with Crippen molar-refractivity contribution in [1.29, 1.82) is 5.26 Å². The monoisotopic (exact) mass is 215 g/mol. The average Bonchev–Trinajstić information content (AvgIpc) is 2.66. The summed E-state index contributed by atoms with van der Waals surface area (Å²) in [7, 11) is 0. The van der Waals surface area contributed by atoms with Crippen molar-refractivity contribution in [3.63, 3.8) is 0 Å². The molecule has 15 heavy (non-hydrogen) atoms. The van der Waals surface area contributed by atoms with Crippen molar-refractivity contribution in [3.8, 4) is 22.9 Å². The molecule has 1 N–H and O–H groups in total. The third-order valence-corrected chi connectivity index (χ3v) is 3.04. The Labute approximate surface area is 92.0 Å². The number of aryl methyl sites for hydroxylation is 1. The minimum atomic E-state index is 0.0354. The number of hydrogen-bond donors (Lipinski definition) is 1. The summed E-state index contributed by atoms with van der Waals surface area (Å²) in [6, 6.07) is 9.11. The van der Waals surface area contributed by atoms with E-state index in [1.165, 1.54) is 4.88 Å². The first kappa shape index (κ1) is 9.75. The van der Waals surface area contributed by atoms with Crippen LogP contribution in [0.25, 0.3) is 11.1 Å². The number of aromatic hydroxyl groups is 1. The third kappa shape index (κ3) is 1.85. The number of hydrogen-bond acceptors (Lipinski definition) is 3. The summed E-state index contributed by atoms with van der Waals surface area (Å²) in [5.74, 6) is 0.0354. The second-order valence-corrected chi connectivity index (χ2v) is 4.41. The normalized spacial score (nSPS) is 9.87.